The second-order valence-electron chi connectivity index (χ2n) is 21.1. The summed E-state index contributed by atoms with van der Waals surface area (Å²) >= 11 is 0. The molecule has 6 rings (SSSR count). The van der Waals surface area contributed by atoms with Crippen LogP contribution in [0.15, 0.2) is 54.6 Å². The van der Waals surface area contributed by atoms with Gasteiger partial charge in [-0.25, -0.2) is 24.0 Å². The maximum absolute atomic E-state index is 13.8. The fourth-order valence-corrected chi connectivity index (χ4v) is 9.33. The molecule has 4 atom stereocenters. The lowest BCUT2D eigenvalue weighted by atomic mass is 9.65. The molecule has 0 aromatic heterocycles. The van der Waals surface area contributed by atoms with Crippen molar-refractivity contribution in [1.29, 1.82) is 0 Å². The number of amides is 5. The number of hydrogen-bond donors (Lipinski definition) is 5. The zero-order valence-electron chi connectivity index (χ0n) is 45.1. The van der Waals surface area contributed by atoms with Gasteiger partial charge in [0.1, 0.15) is 23.4 Å². The molecule has 3 aromatic carbocycles. The Morgan fingerprint density at radius 2 is 1.17 bits per heavy atom. The number of hydrogen-bond acceptors (Lipinski definition) is 16. The third-order valence-corrected chi connectivity index (χ3v) is 12.9. The number of cyclic esters (lactones) is 1. The van der Waals surface area contributed by atoms with E-state index in [1.54, 1.807) is 24.3 Å². The standard InChI is InChI=1S/C55H75N5O16/c1-53(2,3)74-49(63)57-24-17-15-22-55(6,7)75-50(64)58-23-16-11-14-21-54(4,5)76-51(65)59-26-18-25-56-48(62)60-45-37-30-40-39(71-33-72-40)29-36(37)43(44-38(45)32-69-47(44)61)35-27-41(67-8)46(42(28-35)68-9)73-52(66)70-31-34-19-12-10-13-20-34/h10,12-13,19-20,27-30,38,43-45H,11,14-18,21-26,31-33H2,1-9H3,(H,57,63)(H,58,64)(H,59,65)(H2,56,60,62). The summed E-state index contributed by atoms with van der Waals surface area (Å²) in [6.45, 7) is 14.2. The highest BCUT2D eigenvalue weighted by Crippen LogP contribution is 2.55. The largest absolute Gasteiger partial charge is 0.514 e. The SMILES string of the molecule is COc1cc(C2c3cc4c(cc3C(NC(=O)NCCCNC(=O)OC(C)(C)CCCCCNC(=O)OC(C)(C)CCCCNC(=O)OC(C)(C)C)C3COC(=O)C23)OCO4)cc(OC)c1OC(=O)OCc1ccccc1. The average molecular weight is 1060 g/mol. The van der Waals surface area contributed by atoms with Gasteiger partial charge < -0.3 is 74.0 Å². The highest BCUT2D eigenvalue weighted by atomic mass is 16.7. The van der Waals surface area contributed by atoms with E-state index in [2.05, 4.69) is 26.6 Å². The molecule has 21 nitrogen and oxygen atoms in total. The van der Waals surface area contributed by atoms with Crippen molar-refractivity contribution in [2.24, 2.45) is 11.8 Å². The lowest BCUT2D eigenvalue weighted by Gasteiger charge is -2.39. The zero-order valence-corrected chi connectivity index (χ0v) is 45.1. The molecular formula is C55H75N5O16. The summed E-state index contributed by atoms with van der Waals surface area (Å²) in [4.78, 5) is 77.3. The van der Waals surface area contributed by atoms with Gasteiger partial charge in [-0.2, -0.15) is 0 Å². The predicted molar refractivity (Wildman–Crippen MR) is 277 cm³/mol. The smallest absolute Gasteiger partial charge is 0.493 e. The lowest BCUT2D eigenvalue weighted by Crippen LogP contribution is -2.46. The first-order valence-corrected chi connectivity index (χ1v) is 25.9. The number of esters is 1. The van der Waals surface area contributed by atoms with Crippen LogP contribution < -0.4 is 50.3 Å². The zero-order chi connectivity index (χ0) is 55.0. The summed E-state index contributed by atoms with van der Waals surface area (Å²) in [5, 5.41) is 14.2. The Hall–Kier alpha value is -7.32. The molecule has 1 fully saturated rings. The van der Waals surface area contributed by atoms with Crippen LogP contribution in [0.4, 0.5) is 24.0 Å². The Labute approximate surface area is 444 Å². The van der Waals surface area contributed by atoms with E-state index in [1.807, 2.05) is 78.8 Å². The Morgan fingerprint density at radius 3 is 1.76 bits per heavy atom. The molecule has 3 aliphatic rings. The summed E-state index contributed by atoms with van der Waals surface area (Å²) in [6, 6.07) is 14.9. The third kappa shape index (κ3) is 16.8. The monoisotopic (exact) mass is 1060 g/mol. The van der Waals surface area contributed by atoms with Gasteiger partial charge >= 0.3 is 36.4 Å². The highest BCUT2D eigenvalue weighted by Gasteiger charge is 2.53. The van der Waals surface area contributed by atoms with Gasteiger partial charge in [-0.1, -0.05) is 36.8 Å². The van der Waals surface area contributed by atoms with Crippen molar-refractivity contribution in [3.63, 3.8) is 0 Å². The summed E-state index contributed by atoms with van der Waals surface area (Å²) in [5.41, 5.74) is 0.750. The molecule has 2 heterocycles. The van der Waals surface area contributed by atoms with Gasteiger partial charge in [-0.3, -0.25) is 4.79 Å². The van der Waals surface area contributed by atoms with E-state index in [0.717, 1.165) is 37.7 Å². The number of nitrogens with one attached hydrogen (secondary N) is 5. The number of unbranched alkanes of at least 4 members (excludes halogenated alkanes) is 3. The Morgan fingerprint density at radius 1 is 0.632 bits per heavy atom. The van der Waals surface area contributed by atoms with E-state index < -0.39 is 77.0 Å². The van der Waals surface area contributed by atoms with Crippen molar-refractivity contribution in [1.82, 2.24) is 26.6 Å². The topological polar surface area (TPSA) is 255 Å². The van der Waals surface area contributed by atoms with Crippen LogP contribution in [0.2, 0.25) is 0 Å². The third-order valence-electron chi connectivity index (χ3n) is 12.9. The van der Waals surface area contributed by atoms with Gasteiger partial charge in [-0.15, -0.1) is 0 Å². The molecule has 416 valence electrons. The van der Waals surface area contributed by atoms with Crippen LogP contribution in [-0.4, -0.2) is 107 Å². The fraction of sp³-hybridized carbons (Fsp3) is 0.564. The van der Waals surface area contributed by atoms with Crippen LogP contribution in [0.1, 0.15) is 134 Å². The molecule has 5 N–H and O–H groups in total. The highest BCUT2D eigenvalue weighted by molar-refractivity contribution is 5.81. The number of alkyl carbamates (subject to hydrolysis) is 3. The molecule has 0 bridgehead atoms. The van der Waals surface area contributed by atoms with Crippen molar-refractivity contribution in [3.05, 3.63) is 76.9 Å². The van der Waals surface area contributed by atoms with Crippen LogP contribution >= 0.6 is 0 Å². The number of fused-ring (bicyclic) bond motifs is 3. The van der Waals surface area contributed by atoms with Crippen LogP contribution in [-0.2, 0) is 35.1 Å². The van der Waals surface area contributed by atoms with Crippen molar-refractivity contribution in [3.8, 4) is 28.7 Å². The van der Waals surface area contributed by atoms with Crippen molar-refractivity contribution in [2.45, 2.75) is 135 Å². The minimum atomic E-state index is -0.973. The van der Waals surface area contributed by atoms with E-state index in [0.29, 0.717) is 60.5 Å². The molecule has 3 aromatic rings. The second-order valence-corrected chi connectivity index (χ2v) is 21.1. The summed E-state index contributed by atoms with van der Waals surface area (Å²) in [5.74, 6) is -1.16. The second kappa shape index (κ2) is 26.4. The number of ether oxygens (including phenoxy) is 10. The molecule has 5 amide bonds. The van der Waals surface area contributed by atoms with Crippen LogP contribution in [0.5, 0.6) is 28.7 Å². The maximum atomic E-state index is 13.8. The van der Waals surface area contributed by atoms with Crippen LogP contribution in [0.3, 0.4) is 0 Å². The van der Waals surface area contributed by atoms with E-state index in [-0.39, 0.29) is 50.3 Å². The number of carbonyl (C=O) groups is 6. The van der Waals surface area contributed by atoms with Gasteiger partial charge in [-0.05, 0) is 140 Å². The van der Waals surface area contributed by atoms with Crippen LogP contribution in [0.25, 0.3) is 0 Å². The average Bonchev–Trinajstić information content (AvgIpc) is 4.04. The molecule has 0 saturated carbocycles. The molecule has 76 heavy (non-hydrogen) atoms. The van der Waals surface area contributed by atoms with Gasteiger partial charge in [0.05, 0.1) is 32.8 Å². The summed E-state index contributed by atoms with van der Waals surface area (Å²) in [6.07, 6.45) is 2.89. The van der Waals surface area contributed by atoms with Crippen molar-refractivity contribution in [2.75, 3.05) is 53.8 Å². The van der Waals surface area contributed by atoms with Crippen LogP contribution in [0, 0.1) is 11.8 Å². The Bertz CT molecular complexity index is 2470. The van der Waals surface area contributed by atoms with Gasteiger partial charge in [0.25, 0.3) is 0 Å². The first kappa shape index (κ1) is 57.9. The maximum Gasteiger partial charge on any atom is 0.514 e. The first-order chi connectivity index (χ1) is 36.2. The number of carbonyl (C=O) groups excluding carboxylic acids is 6. The molecular weight excluding hydrogens is 987 g/mol. The van der Waals surface area contributed by atoms with Gasteiger partial charge in [0.2, 0.25) is 12.5 Å². The Kier molecular flexibility index (Phi) is 20.2. The Balaban J connectivity index is 0.937. The summed E-state index contributed by atoms with van der Waals surface area (Å²) in [7, 11) is 2.83. The normalized spacial score (nSPS) is 17.4. The van der Waals surface area contributed by atoms with E-state index in [1.165, 1.54) is 14.2 Å². The number of rotatable bonds is 24. The molecule has 0 radical (unpaired) electrons. The van der Waals surface area contributed by atoms with Crippen molar-refractivity contribution < 1.29 is 76.1 Å². The van der Waals surface area contributed by atoms with E-state index in [9.17, 15) is 28.8 Å². The van der Waals surface area contributed by atoms with Gasteiger partial charge in [0.15, 0.2) is 23.0 Å². The minimum Gasteiger partial charge on any atom is -0.493 e. The first-order valence-electron chi connectivity index (χ1n) is 25.9. The molecule has 21 heteroatoms. The molecule has 4 unspecified atom stereocenters. The quantitative estimate of drug-likeness (QED) is 0.0243. The fourth-order valence-electron chi connectivity index (χ4n) is 9.33. The number of urea groups is 1. The van der Waals surface area contributed by atoms with Crippen molar-refractivity contribution >= 4 is 36.4 Å². The minimum absolute atomic E-state index is 0.00880. The lowest BCUT2D eigenvalue weighted by molar-refractivity contribution is -0.141. The molecule has 2 aliphatic heterocycles. The predicted octanol–water partition coefficient (Wildman–Crippen LogP) is 9.08. The summed E-state index contributed by atoms with van der Waals surface area (Å²) < 4.78 is 56.2. The number of methoxy groups -OCH3 is 2. The van der Waals surface area contributed by atoms with E-state index in [4.69, 9.17) is 47.4 Å². The van der Waals surface area contributed by atoms with E-state index >= 15 is 0 Å². The molecule has 1 aliphatic carbocycles. The molecule has 0 spiro atoms. The molecule has 1 saturated heterocycles. The number of benzene rings is 3. The van der Waals surface area contributed by atoms with Gasteiger partial charge in [0, 0.05) is 38.0 Å².